The Labute approximate surface area is 166 Å². The van der Waals surface area contributed by atoms with E-state index in [-0.39, 0.29) is 28.6 Å². The largest absolute Gasteiger partial charge is 0.452 e. The average Bonchev–Trinajstić information content (AvgIpc) is 3.04. The number of allylic oxidation sites excluding steroid dienone is 3. The molecule has 4 rings (SSSR count). The van der Waals surface area contributed by atoms with Gasteiger partial charge in [0, 0.05) is 6.07 Å². The number of carbonyl (C=O) groups excluding carboxylic acids is 2. The molecule has 5 heteroatoms. The summed E-state index contributed by atoms with van der Waals surface area (Å²) in [5, 5.41) is 0. The third-order valence-electron chi connectivity index (χ3n) is 4.28. The van der Waals surface area contributed by atoms with E-state index in [1.807, 2.05) is 36.4 Å². The molecule has 0 atom stereocenters. The standard InChI is InChI=1S/C24H15FO4/c25-20-11-5-4-10-18(20)24(27)28-17-13-14-19-22(15-17)29-21(23(19)26)12-6-9-16-7-2-1-3-8-16/h1-15H. The summed E-state index contributed by atoms with van der Waals surface area (Å²) in [6, 6.07) is 19.6. The molecule has 0 radical (unpaired) electrons. The van der Waals surface area contributed by atoms with Gasteiger partial charge in [-0.3, -0.25) is 4.79 Å². The number of hydrogen-bond acceptors (Lipinski definition) is 4. The number of ketones is 1. The van der Waals surface area contributed by atoms with E-state index in [1.165, 1.54) is 36.4 Å². The molecule has 1 aliphatic heterocycles. The van der Waals surface area contributed by atoms with Crippen LogP contribution in [0.5, 0.6) is 11.5 Å². The molecule has 0 saturated carbocycles. The van der Waals surface area contributed by atoms with Gasteiger partial charge in [0.2, 0.25) is 5.78 Å². The van der Waals surface area contributed by atoms with Crippen molar-refractivity contribution in [2.45, 2.75) is 0 Å². The molecule has 1 heterocycles. The van der Waals surface area contributed by atoms with E-state index in [9.17, 15) is 14.0 Å². The fraction of sp³-hybridized carbons (Fsp3) is 0. The Kier molecular flexibility index (Phi) is 5.03. The lowest BCUT2D eigenvalue weighted by atomic mass is 10.1. The Morgan fingerprint density at radius 2 is 1.72 bits per heavy atom. The highest BCUT2D eigenvalue weighted by Crippen LogP contribution is 2.34. The van der Waals surface area contributed by atoms with Crippen LogP contribution in [0.15, 0.2) is 90.7 Å². The number of ether oxygens (including phenoxy) is 2. The molecule has 0 N–H and O–H groups in total. The van der Waals surface area contributed by atoms with Gasteiger partial charge in [-0.05, 0) is 35.9 Å². The van der Waals surface area contributed by atoms with Crippen LogP contribution in [0.3, 0.4) is 0 Å². The van der Waals surface area contributed by atoms with E-state index >= 15 is 0 Å². The first-order valence-corrected chi connectivity index (χ1v) is 8.88. The van der Waals surface area contributed by atoms with Gasteiger partial charge >= 0.3 is 5.97 Å². The van der Waals surface area contributed by atoms with Crippen molar-refractivity contribution in [3.63, 3.8) is 0 Å². The smallest absolute Gasteiger partial charge is 0.346 e. The van der Waals surface area contributed by atoms with E-state index in [1.54, 1.807) is 18.2 Å². The van der Waals surface area contributed by atoms with Gasteiger partial charge in [0.15, 0.2) is 5.76 Å². The maximum atomic E-state index is 13.7. The lowest BCUT2D eigenvalue weighted by Gasteiger charge is -2.06. The fourth-order valence-corrected chi connectivity index (χ4v) is 2.84. The topological polar surface area (TPSA) is 52.6 Å². The predicted octanol–water partition coefficient (Wildman–Crippen LogP) is 5.22. The maximum absolute atomic E-state index is 13.7. The molecule has 3 aromatic rings. The summed E-state index contributed by atoms with van der Waals surface area (Å²) in [5.41, 5.74) is 1.20. The van der Waals surface area contributed by atoms with Gasteiger partial charge in [0.1, 0.15) is 17.3 Å². The molecule has 4 nitrogen and oxygen atoms in total. The Balaban J connectivity index is 1.50. The Morgan fingerprint density at radius 1 is 0.966 bits per heavy atom. The van der Waals surface area contributed by atoms with Crippen LogP contribution in [-0.2, 0) is 0 Å². The monoisotopic (exact) mass is 386 g/mol. The average molecular weight is 386 g/mol. The number of Topliss-reactive ketones (excluding diaryl/α,β-unsaturated/α-hetero) is 1. The summed E-state index contributed by atoms with van der Waals surface area (Å²) in [6.07, 6.45) is 5.17. The highest BCUT2D eigenvalue weighted by atomic mass is 19.1. The molecule has 0 fully saturated rings. The highest BCUT2D eigenvalue weighted by Gasteiger charge is 2.27. The zero-order valence-electron chi connectivity index (χ0n) is 15.2. The second-order valence-electron chi connectivity index (χ2n) is 6.26. The van der Waals surface area contributed by atoms with E-state index < -0.39 is 11.8 Å². The molecule has 1 aliphatic rings. The summed E-state index contributed by atoms with van der Waals surface area (Å²) in [5.74, 6) is -1.14. The van der Waals surface area contributed by atoms with Crippen molar-refractivity contribution in [2.75, 3.05) is 0 Å². The molecule has 0 spiro atoms. The summed E-state index contributed by atoms with van der Waals surface area (Å²) in [7, 11) is 0. The first kappa shape index (κ1) is 18.4. The van der Waals surface area contributed by atoms with Crippen LogP contribution in [-0.4, -0.2) is 11.8 Å². The Hall–Kier alpha value is -3.99. The molecule has 0 aliphatic carbocycles. The van der Waals surface area contributed by atoms with Crippen molar-refractivity contribution >= 4 is 17.8 Å². The molecule has 29 heavy (non-hydrogen) atoms. The number of fused-ring (bicyclic) bond motifs is 1. The van der Waals surface area contributed by atoms with Crippen molar-refractivity contribution < 1.29 is 23.5 Å². The van der Waals surface area contributed by atoms with Crippen LogP contribution in [0.4, 0.5) is 4.39 Å². The van der Waals surface area contributed by atoms with Crippen molar-refractivity contribution in [1.29, 1.82) is 0 Å². The van der Waals surface area contributed by atoms with Gasteiger partial charge in [-0.15, -0.1) is 0 Å². The van der Waals surface area contributed by atoms with Crippen LogP contribution < -0.4 is 9.47 Å². The first-order valence-electron chi connectivity index (χ1n) is 8.88. The van der Waals surface area contributed by atoms with Crippen LogP contribution in [0, 0.1) is 5.82 Å². The third kappa shape index (κ3) is 3.99. The number of rotatable bonds is 4. The third-order valence-corrected chi connectivity index (χ3v) is 4.28. The summed E-state index contributed by atoms with van der Waals surface area (Å²) < 4.78 is 24.5. The Morgan fingerprint density at radius 3 is 2.52 bits per heavy atom. The first-order chi connectivity index (χ1) is 14.1. The number of esters is 1. The number of benzene rings is 3. The summed E-state index contributed by atoms with van der Waals surface area (Å²) in [4.78, 5) is 24.6. The van der Waals surface area contributed by atoms with Crippen molar-refractivity contribution in [3.05, 3.63) is 113 Å². The molecule has 142 valence electrons. The van der Waals surface area contributed by atoms with Gasteiger partial charge in [-0.25, -0.2) is 9.18 Å². The van der Waals surface area contributed by atoms with E-state index in [4.69, 9.17) is 9.47 Å². The molecule has 0 unspecified atom stereocenters. The van der Waals surface area contributed by atoms with Gasteiger partial charge in [0.05, 0.1) is 11.1 Å². The molecule has 3 aromatic carbocycles. The van der Waals surface area contributed by atoms with Gasteiger partial charge in [-0.2, -0.15) is 0 Å². The van der Waals surface area contributed by atoms with Crippen molar-refractivity contribution in [3.8, 4) is 11.5 Å². The minimum absolute atomic E-state index is 0.158. The van der Waals surface area contributed by atoms with Gasteiger partial charge in [0.25, 0.3) is 0 Å². The number of carbonyl (C=O) groups is 2. The second kappa shape index (κ2) is 7.94. The van der Waals surface area contributed by atoms with Crippen LogP contribution in [0.25, 0.3) is 6.08 Å². The normalized spacial score (nSPS) is 14.1. The van der Waals surface area contributed by atoms with E-state index in [0.717, 1.165) is 5.56 Å². The molecule has 0 amide bonds. The molecule has 0 saturated heterocycles. The van der Waals surface area contributed by atoms with Crippen molar-refractivity contribution in [2.24, 2.45) is 0 Å². The number of halogens is 1. The summed E-state index contributed by atoms with van der Waals surface area (Å²) in [6.45, 7) is 0. The molecular formula is C24H15FO4. The van der Waals surface area contributed by atoms with Crippen LogP contribution >= 0.6 is 0 Å². The Bertz CT molecular complexity index is 1150. The summed E-state index contributed by atoms with van der Waals surface area (Å²) >= 11 is 0. The molecule has 0 bridgehead atoms. The zero-order chi connectivity index (χ0) is 20.2. The lowest BCUT2D eigenvalue weighted by molar-refractivity contribution is 0.0729. The fourth-order valence-electron chi connectivity index (χ4n) is 2.84. The second-order valence-corrected chi connectivity index (χ2v) is 6.26. The lowest BCUT2D eigenvalue weighted by Crippen LogP contribution is -2.10. The minimum atomic E-state index is -0.825. The number of hydrogen-bond donors (Lipinski definition) is 0. The van der Waals surface area contributed by atoms with E-state index in [2.05, 4.69) is 0 Å². The van der Waals surface area contributed by atoms with Gasteiger partial charge in [-0.1, -0.05) is 54.6 Å². The van der Waals surface area contributed by atoms with Crippen LogP contribution in [0.1, 0.15) is 26.3 Å². The highest BCUT2D eigenvalue weighted by molar-refractivity contribution is 6.12. The SMILES string of the molecule is O=C(Oc1ccc2c(c1)OC(=CC=Cc1ccccc1)C2=O)c1ccccc1F. The van der Waals surface area contributed by atoms with E-state index in [0.29, 0.717) is 5.56 Å². The predicted molar refractivity (Wildman–Crippen MR) is 106 cm³/mol. The van der Waals surface area contributed by atoms with Gasteiger partial charge < -0.3 is 9.47 Å². The maximum Gasteiger partial charge on any atom is 0.346 e. The molecule has 0 aromatic heterocycles. The minimum Gasteiger partial charge on any atom is -0.452 e. The molecular weight excluding hydrogens is 371 g/mol. The van der Waals surface area contributed by atoms with Crippen LogP contribution in [0.2, 0.25) is 0 Å². The van der Waals surface area contributed by atoms with Crippen molar-refractivity contribution in [1.82, 2.24) is 0 Å². The quantitative estimate of drug-likeness (QED) is 0.351. The zero-order valence-corrected chi connectivity index (χ0v) is 15.2.